The minimum absolute atomic E-state index is 0.228. The van der Waals surface area contributed by atoms with Crippen molar-refractivity contribution in [3.63, 3.8) is 0 Å². The molecule has 0 radical (unpaired) electrons. The Bertz CT molecular complexity index is 1100. The van der Waals surface area contributed by atoms with E-state index in [0.717, 1.165) is 4.47 Å². The van der Waals surface area contributed by atoms with E-state index in [1.54, 1.807) is 48.5 Å². The molecule has 0 bridgehead atoms. The molecule has 0 saturated carbocycles. The summed E-state index contributed by atoms with van der Waals surface area (Å²) in [7, 11) is 0. The van der Waals surface area contributed by atoms with Crippen molar-refractivity contribution in [2.45, 2.75) is 0 Å². The highest BCUT2D eigenvalue weighted by Gasteiger charge is 2.10. The number of amides is 1. The number of benzene rings is 3. The zero-order valence-electron chi connectivity index (χ0n) is 14.7. The van der Waals surface area contributed by atoms with E-state index in [1.165, 1.54) is 18.3 Å². The van der Waals surface area contributed by atoms with E-state index in [0.29, 0.717) is 21.9 Å². The Morgan fingerprint density at radius 2 is 1.79 bits per heavy atom. The third-order valence-electron chi connectivity index (χ3n) is 3.68. The van der Waals surface area contributed by atoms with E-state index >= 15 is 0 Å². The number of hydrogen-bond donors (Lipinski definition) is 1. The van der Waals surface area contributed by atoms with Crippen LogP contribution in [0.1, 0.15) is 26.3 Å². The minimum Gasteiger partial charge on any atom is -0.423 e. The third-order valence-corrected chi connectivity index (χ3v) is 4.73. The Morgan fingerprint density at radius 1 is 1.00 bits per heavy atom. The van der Waals surface area contributed by atoms with Crippen LogP contribution in [0.4, 0.5) is 0 Å². The molecule has 0 aromatic heterocycles. The van der Waals surface area contributed by atoms with Gasteiger partial charge in [0.25, 0.3) is 5.91 Å². The van der Waals surface area contributed by atoms with E-state index in [-0.39, 0.29) is 10.6 Å². The van der Waals surface area contributed by atoms with E-state index in [1.807, 2.05) is 6.07 Å². The van der Waals surface area contributed by atoms with Crippen LogP contribution in [0.15, 0.2) is 76.3 Å². The number of rotatable bonds is 5. The van der Waals surface area contributed by atoms with Crippen molar-refractivity contribution >= 4 is 57.2 Å². The van der Waals surface area contributed by atoms with Crippen LogP contribution >= 0.6 is 39.1 Å². The maximum atomic E-state index is 12.2. The number of carbonyl (C=O) groups excluding carboxylic acids is 2. The monoisotopic (exact) mass is 490 g/mol. The molecule has 0 aliphatic heterocycles. The number of nitrogens with one attached hydrogen (secondary N) is 1. The van der Waals surface area contributed by atoms with Gasteiger partial charge in [-0.2, -0.15) is 5.10 Å². The first-order chi connectivity index (χ1) is 13.9. The molecule has 3 rings (SSSR count). The van der Waals surface area contributed by atoms with Gasteiger partial charge in [0.05, 0.1) is 22.4 Å². The average Bonchev–Trinajstić information content (AvgIpc) is 2.68. The van der Waals surface area contributed by atoms with Gasteiger partial charge in [0.1, 0.15) is 5.75 Å². The molecule has 0 heterocycles. The van der Waals surface area contributed by atoms with Crippen molar-refractivity contribution in [3.05, 3.63) is 97.9 Å². The van der Waals surface area contributed by atoms with Gasteiger partial charge in [0.15, 0.2) is 0 Å². The number of hydrazone groups is 1. The molecule has 5 nitrogen and oxygen atoms in total. The lowest BCUT2D eigenvalue weighted by Crippen LogP contribution is -2.18. The second kappa shape index (κ2) is 9.69. The molecular weight excluding hydrogens is 479 g/mol. The fourth-order valence-corrected chi connectivity index (χ4v) is 3.23. The first kappa shape index (κ1) is 21.0. The first-order valence-corrected chi connectivity index (χ1v) is 9.83. The molecule has 0 atom stereocenters. The number of esters is 1. The zero-order chi connectivity index (χ0) is 20.8. The van der Waals surface area contributed by atoms with Crippen molar-refractivity contribution in [1.82, 2.24) is 5.43 Å². The molecule has 0 aliphatic carbocycles. The maximum absolute atomic E-state index is 12.2. The highest BCUT2D eigenvalue weighted by Crippen LogP contribution is 2.21. The number of halogens is 3. The van der Waals surface area contributed by atoms with Crippen LogP contribution in [0, 0.1) is 0 Å². The molecule has 1 N–H and O–H groups in total. The van der Waals surface area contributed by atoms with E-state index in [9.17, 15) is 9.59 Å². The summed E-state index contributed by atoms with van der Waals surface area (Å²) in [5.41, 5.74) is 3.70. The Kier molecular flexibility index (Phi) is 7.04. The standard InChI is InChI=1S/C21H13BrCl2N2O3/c22-15-5-2-4-14(10-15)21(28)29-17-6-1-3-13(9-17)12-25-26-20(27)18-8-7-16(23)11-19(18)24/h1-12H,(H,26,27)/b25-12+. The Balaban J connectivity index is 1.65. The van der Waals surface area contributed by atoms with Crippen molar-refractivity contribution < 1.29 is 14.3 Å². The maximum Gasteiger partial charge on any atom is 0.343 e. The van der Waals surface area contributed by atoms with Crippen molar-refractivity contribution in [2.75, 3.05) is 0 Å². The normalized spacial score (nSPS) is 10.7. The van der Waals surface area contributed by atoms with E-state index in [2.05, 4.69) is 26.5 Å². The molecule has 3 aromatic carbocycles. The predicted molar refractivity (Wildman–Crippen MR) is 117 cm³/mol. The van der Waals surface area contributed by atoms with Crippen molar-refractivity contribution in [2.24, 2.45) is 5.10 Å². The van der Waals surface area contributed by atoms with Gasteiger partial charge >= 0.3 is 5.97 Å². The molecule has 29 heavy (non-hydrogen) atoms. The average molecular weight is 492 g/mol. The lowest BCUT2D eigenvalue weighted by Gasteiger charge is -2.05. The van der Waals surface area contributed by atoms with Crippen LogP contribution < -0.4 is 10.2 Å². The second-order valence-corrected chi connectivity index (χ2v) is 7.55. The van der Waals surface area contributed by atoms with Gasteiger partial charge in [0.2, 0.25) is 0 Å². The quantitative estimate of drug-likeness (QED) is 0.214. The number of hydrogen-bond acceptors (Lipinski definition) is 4. The molecule has 3 aromatic rings. The molecule has 8 heteroatoms. The van der Waals surface area contributed by atoms with Gasteiger partial charge in [-0.05, 0) is 54.1 Å². The number of carbonyl (C=O) groups is 2. The van der Waals surface area contributed by atoms with Crippen LogP contribution in [-0.4, -0.2) is 18.1 Å². The molecule has 0 fully saturated rings. The van der Waals surface area contributed by atoms with Gasteiger partial charge < -0.3 is 4.74 Å². The van der Waals surface area contributed by atoms with Gasteiger partial charge in [-0.25, -0.2) is 10.2 Å². The molecule has 146 valence electrons. The Morgan fingerprint density at radius 3 is 2.55 bits per heavy atom. The summed E-state index contributed by atoms with van der Waals surface area (Å²) in [5, 5.41) is 4.57. The summed E-state index contributed by atoms with van der Waals surface area (Å²) >= 11 is 15.1. The van der Waals surface area contributed by atoms with Crippen molar-refractivity contribution in [3.8, 4) is 5.75 Å². The fourth-order valence-electron chi connectivity index (χ4n) is 2.34. The summed E-state index contributed by atoms with van der Waals surface area (Å²) in [5.74, 6) is -0.600. The van der Waals surface area contributed by atoms with Gasteiger partial charge in [-0.3, -0.25) is 4.79 Å². The Labute approximate surface area is 185 Å². The topological polar surface area (TPSA) is 67.8 Å². The summed E-state index contributed by atoms with van der Waals surface area (Å²) in [6, 6.07) is 18.2. The van der Waals surface area contributed by atoms with E-state index < -0.39 is 11.9 Å². The Hall–Kier alpha value is -2.67. The SMILES string of the molecule is O=C(Oc1cccc(/C=N/NC(=O)c2ccc(Cl)cc2Cl)c1)c1cccc(Br)c1. The van der Waals surface area contributed by atoms with Crippen LogP contribution in [0.3, 0.4) is 0 Å². The zero-order valence-corrected chi connectivity index (χ0v) is 17.8. The number of ether oxygens (including phenoxy) is 1. The first-order valence-electron chi connectivity index (χ1n) is 8.28. The molecule has 1 amide bonds. The summed E-state index contributed by atoms with van der Waals surface area (Å²) < 4.78 is 6.16. The highest BCUT2D eigenvalue weighted by atomic mass is 79.9. The summed E-state index contributed by atoms with van der Waals surface area (Å²) in [6.07, 6.45) is 1.43. The van der Waals surface area contributed by atoms with Crippen molar-refractivity contribution in [1.29, 1.82) is 0 Å². The lowest BCUT2D eigenvalue weighted by atomic mass is 10.2. The summed E-state index contributed by atoms with van der Waals surface area (Å²) in [4.78, 5) is 24.4. The smallest absolute Gasteiger partial charge is 0.343 e. The second-order valence-electron chi connectivity index (χ2n) is 5.80. The lowest BCUT2D eigenvalue weighted by molar-refractivity contribution is 0.0734. The predicted octanol–water partition coefficient (Wildman–Crippen LogP) is 5.74. The highest BCUT2D eigenvalue weighted by molar-refractivity contribution is 9.10. The van der Waals surface area contributed by atoms with Gasteiger partial charge in [0, 0.05) is 9.50 Å². The molecule has 0 saturated heterocycles. The number of nitrogens with zero attached hydrogens (tertiary/aromatic N) is 1. The molecule has 0 spiro atoms. The summed E-state index contributed by atoms with van der Waals surface area (Å²) in [6.45, 7) is 0. The molecule has 0 unspecified atom stereocenters. The molecular formula is C21H13BrCl2N2O3. The molecule has 0 aliphatic rings. The minimum atomic E-state index is -0.480. The van der Waals surface area contributed by atoms with Crippen LogP contribution in [0.25, 0.3) is 0 Å². The largest absolute Gasteiger partial charge is 0.423 e. The third kappa shape index (κ3) is 5.90. The van der Waals surface area contributed by atoms with Gasteiger partial charge in [-0.1, -0.05) is 57.3 Å². The van der Waals surface area contributed by atoms with Gasteiger partial charge in [-0.15, -0.1) is 0 Å². The fraction of sp³-hybridized carbons (Fsp3) is 0. The van der Waals surface area contributed by atoms with E-state index in [4.69, 9.17) is 27.9 Å². The van der Waals surface area contributed by atoms with Crippen LogP contribution in [0.5, 0.6) is 5.75 Å². The van der Waals surface area contributed by atoms with Crippen LogP contribution in [0.2, 0.25) is 10.0 Å². The van der Waals surface area contributed by atoms with Crippen LogP contribution in [-0.2, 0) is 0 Å².